The van der Waals surface area contributed by atoms with Gasteiger partial charge in [-0.15, -0.1) is 0 Å². The minimum atomic E-state index is -0.370. The van der Waals surface area contributed by atoms with Crippen molar-refractivity contribution in [1.29, 1.82) is 0 Å². The molecule has 2 amide bonds. The van der Waals surface area contributed by atoms with Gasteiger partial charge in [0.1, 0.15) is 25.7 Å². The Balaban J connectivity index is 1.37. The molecule has 2 saturated heterocycles. The largest absolute Gasteiger partial charge is 0.448 e. The first-order chi connectivity index (χ1) is 16.4. The van der Waals surface area contributed by atoms with Crippen LogP contribution in [0, 0.1) is 11.8 Å². The SMILES string of the molecule is CC(C)[C@@H]1OCCN1CCOC(=O)NCCCCCCNC(=O)OCCN1CCO[C@H]1C(C)C. The van der Waals surface area contributed by atoms with Gasteiger partial charge in [-0.05, 0) is 24.7 Å². The molecule has 2 heterocycles. The summed E-state index contributed by atoms with van der Waals surface area (Å²) in [5.41, 5.74) is 0. The van der Waals surface area contributed by atoms with Gasteiger partial charge in [-0.3, -0.25) is 9.80 Å². The minimum Gasteiger partial charge on any atom is -0.448 e. The number of nitrogens with one attached hydrogen (secondary N) is 2. The van der Waals surface area contributed by atoms with Crippen LogP contribution in [0.4, 0.5) is 9.59 Å². The summed E-state index contributed by atoms with van der Waals surface area (Å²) in [6, 6.07) is 0. The highest BCUT2D eigenvalue weighted by molar-refractivity contribution is 5.67. The summed E-state index contributed by atoms with van der Waals surface area (Å²) in [5, 5.41) is 5.59. The molecule has 2 aliphatic rings. The number of unbranched alkanes of at least 4 members (excludes halogenated alkanes) is 3. The van der Waals surface area contributed by atoms with E-state index in [9.17, 15) is 9.59 Å². The molecule has 2 rings (SSSR count). The molecule has 0 aromatic rings. The molecule has 34 heavy (non-hydrogen) atoms. The van der Waals surface area contributed by atoms with E-state index in [1.807, 2.05) is 0 Å². The van der Waals surface area contributed by atoms with Gasteiger partial charge in [0.2, 0.25) is 0 Å². The quantitative estimate of drug-likeness (QED) is 0.341. The van der Waals surface area contributed by atoms with E-state index in [2.05, 4.69) is 48.1 Å². The fourth-order valence-corrected chi connectivity index (χ4v) is 4.35. The molecule has 0 spiro atoms. The van der Waals surface area contributed by atoms with Crippen LogP contribution in [0.2, 0.25) is 0 Å². The first kappa shape index (κ1) is 28.6. The molecule has 0 aromatic carbocycles. The Morgan fingerprint density at radius 3 is 1.56 bits per heavy atom. The first-order valence-corrected chi connectivity index (χ1v) is 12.9. The van der Waals surface area contributed by atoms with Gasteiger partial charge < -0.3 is 29.6 Å². The zero-order valence-corrected chi connectivity index (χ0v) is 21.6. The van der Waals surface area contributed by atoms with Crippen molar-refractivity contribution in [1.82, 2.24) is 20.4 Å². The Hall–Kier alpha value is -1.62. The Labute approximate surface area is 205 Å². The van der Waals surface area contributed by atoms with Crippen LogP contribution in [-0.4, -0.2) is 100 Å². The Bertz CT molecular complexity index is 542. The molecule has 198 valence electrons. The van der Waals surface area contributed by atoms with E-state index in [0.717, 1.165) is 52.0 Å². The third-order valence-electron chi connectivity index (χ3n) is 6.06. The highest BCUT2D eigenvalue weighted by Crippen LogP contribution is 2.18. The minimum absolute atomic E-state index is 0.116. The molecule has 10 heteroatoms. The highest BCUT2D eigenvalue weighted by atomic mass is 16.6. The molecule has 2 fully saturated rings. The van der Waals surface area contributed by atoms with Crippen molar-refractivity contribution in [2.45, 2.75) is 65.8 Å². The van der Waals surface area contributed by atoms with E-state index in [4.69, 9.17) is 18.9 Å². The van der Waals surface area contributed by atoms with Crippen molar-refractivity contribution in [2.24, 2.45) is 11.8 Å². The molecular weight excluding hydrogens is 440 g/mol. The smallest absolute Gasteiger partial charge is 0.407 e. The van der Waals surface area contributed by atoms with Crippen LogP contribution in [0.5, 0.6) is 0 Å². The lowest BCUT2D eigenvalue weighted by molar-refractivity contribution is -0.00851. The number of amides is 2. The van der Waals surface area contributed by atoms with Crippen LogP contribution in [0.1, 0.15) is 53.4 Å². The Kier molecular flexibility index (Phi) is 13.6. The number of carbonyl (C=O) groups is 2. The molecule has 0 saturated carbocycles. The van der Waals surface area contributed by atoms with Gasteiger partial charge >= 0.3 is 12.2 Å². The lowest BCUT2D eigenvalue weighted by Crippen LogP contribution is -2.37. The number of carbonyl (C=O) groups excluding carboxylic acids is 2. The Morgan fingerprint density at radius 2 is 1.18 bits per heavy atom. The van der Waals surface area contributed by atoms with Crippen molar-refractivity contribution < 1.29 is 28.5 Å². The van der Waals surface area contributed by atoms with Gasteiger partial charge in [-0.25, -0.2) is 9.59 Å². The van der Waals surface area contributed by atoms with Gasteiger partial charge in [0.05, 0.1) is 13.2 Å². The normalized spacial score (nSPS) is 21.4. The van der Waals surface area contributed by atoms with Crippen molar-refractivity contribution in [2.75, 3.05) is 65.7 Å². The molecule has 2 N–H and O–H groups in total. The molecule has 0 bridgehead atoms. The van der Waals surface area contributed by atoms with Gasteiger partial charge in [-0.2, -0.15) is 0 Å². The first-order valence-electron chi connectivity index (χ1n) is 12.9. The van der Waals surface area contributed by atoms with Crippen LogP contribution in [0.15, 0.2) is 0 Å². The van der Waals surface area contributed by atoms with Crippen LogP contribution in [-0.2, 0) is 18.9 Å². The number of alkyl carbamates (subject to hydrolysis) is 2. The topological polar surface area (TPSA) is 102 Å². The van der Waals surface area contributed by atoms with Gasteiger partial charge in [-0.1, -0.05) is 40.5 Å². The van der Waals surface area contributed by atoms with Crippen LogP contribution < -0.4 is 10.6 Å². The second-order valence-corrected chi connectivity index (χ2v) is 9.62. The summed E-state index contributed by atoms with van der Waals surface area (Å²) in [5.74, 6) is 0.843. The van der Waals surface area contributed by atoms with Crippen LogP contribution in [0.3, 0.4) is 0 Å². The summed E-state index contributed by atoms with van der Waals surface area (Å²) in [7, 11) is 0. The maximum atomic E-state index is 11.8. The van der Waals surface area contributed by atoms with E-state index in [0.29, 0.717) is 51.2 Å². The zero-order valence-electron chi connectivity index (χ0n) is 21.6. The summed E-state index contributed by atoms with van der Waals surface area (Å²) < 4.78 is 21.9. The van der Waals surface area contributed by atoms with Crippen molar-refractivity contribution in [3.8, 4) is 0 Å². The molecule has 2 atom stereocenters. The molecule has 0 unspecified atom stereocenters. The third kappa shape index (κ3) is 10.8. The van der Waals surface area contributed by atoms with Crippen molar-refractivity contribution >= 4 is 12.2 Å². The van der Waals surface area contributed by atoms with Gasteiger partial charge in [0.25, 0.3) is 0 Å². The number of hydrogen-bond acceptors (Lipinski definition) is 8. The van der Waals surface area contributed by atoms with Crippen molar-refractivity contribution in [3.63, 3.8) is 0 Å². The number of rotatable bonds is 15. The van der Waals surface area contributed by atoms with Gasteiger partial charge in [0.15, 0.2) is 0 Å². The van der Waals surface area contributed by atoms with E-state index < -0.39 is 0 Å². The van der Waals surface area contributed by atoms with Gasteiger partial charge in [0, 0.05) is 39.3 Å². The maximum absolute atomic E-state index is 11.8. The zero-order chi connectivity index (χ0) is 24.8. The van der Waals surface area contributed by atoms with E-state index >= 15 is 0 Å². The number of hydrogen-bond donors (Lipinski definition) is 2. The van der Waals surface area contributed by atoms with E-state index in [-0.39, 0.29) is 24.6 Å². The summed E-state index contributed by atoms with van der Waals surface area (Å²) >= 11 is 0. The van der Waals surface area contributed by atoms with Crippen molar-refractivity contribution in [3.05, 3.63) is 0 Å². The predicted molar refractivity (Wildman–Crippen MR) is 129 cm³/mol. The Morgan fingerprint density at radius 1 is 0.765 bits per heavy atom. The van der Waals surface area contributed by atoms with Crippen LogP contribution >= 0.6 is 0 Å². The highest BCUT2D eigenvalue weighted by Gasteiger charge is 2.28. The number of ether oxygens (including phenoxy) is 4. The summed E-state index contributed by atoms with van der Waals surface area (Å²) in [6.45, 7) is 15.1. The maximum Gasteiger partial charge on any atom is 0.407 e. The monoisotopic (exact) mass is 486 g/mol. The van der Waals surface area contributed by atoms with E-state index in [1.54, 1.807) is 0 Å². The molecule has 10 nitrogen and oxygen atoms in total. The standard InChI is InChI=1S/C24H46N4O6/c1-19(2)21-27(11-15-31-21)13-17-33-23(29)25-9-7-5-6-8-10-26-24(30)34-18-14-28-12-16-32-22(28)20(3)4/h19-22H,5-18H2,1-4H3,(H,25,29)(H,26,30)/t21-,22-/m0/s1. The summed E-state index contributed by atoms with van der Waals surface area (Å²) in [4.78, 5) is 28.0. The molecule has 2 aliphatic heterocycles. The summed E-state index contributed by atoms with van der Waals surface area (Å²) in [6.07, 6.45) is 3.20. The second kappa shape index (κ2) is 16.1. The van der Waals surface area contributed by atoms with Crippen LogP contribution in [0.25, 0.3) is 0 Å². The fourth-order valence-electron chi connectivity index (χ4n) is 4.35. The third-order valence-corrected chi connectivity index (χ3v) is 6.06. The average molecular weight is 487 g/mol. The average Bonchev–Trinajstić information content (AvgIpc) is 3.45. The number of nitrogens with zero attached hydrogens (tertiary/aromatic N) is 2. The molecular formula is C24H46N4O6. The second-order valence-electron chi connectivity index (χ2n) is 9.62. The molecule has 0 aliphatic carbocycles. The molecule has 0 aromatic heterocycles. The van der Waals surface area contributed by atoms with E-state index in [1.165, 1.54) is 0 Å². The lowest BCUT2D eigenvalue weighted by atomic mass is 10.2. The fraction of sp³-hybridized carbons (Fsp3) is 0.917. The predicted octanol–water partition coefficient (Wildman–Crippen LogP) is 2.63. The lowest BCUT2D eigenvalue weighted by Gasteiger charge is -2.25. The molecule has 0 radical (unpaired) electrons.